The molecule has 116 valence electrons. The minimum atomic E-state index is -0.0675. The van der Waals surface area contributed by atoms with Gasteiger partial charge in [-0.05, 0) is 41.5 Å². The minimum absolute atomic E-state index is 0.0606. The Morgan fingerprint density at radius 3 is 1.67 bits per heavy atom. The van der Waals surface area contributed by atoms with Gasteiger partial charge in [0.1, 0.15) is 7.85 Å². The van der Waals surface area contributed by atoms with Gasteiger partial charge in [-0.25, -0.2) is 4.98 Å². The number of ether oxygens (including phenoxy) is 4. The highest BCUT2D eigenvalue weighted by atomic mass is 16.6. The maximum atomic E-state index is 5.99. The Kier molecular flexibility index (Phi) is 6.18. The second kappa shape index (κ2) is 7.43. The molecule has 0 amide bonds. The lowest BCUT2D eigenvalue weighted by Gasteiger charge is -2.23. The van der Waals surface area contributed by atoms with Gasteiger partial charge in [-0.2, -0.15) is 0 Å². The SMILES string of the molecule is [B]c1nc(OC(C)C)c(OC)c(OC(C)C)c1OC(C)C. The van der Waals surface area contributed by atoms with Crippen molar-refractivity contribution in [3.63, 3.8) is 0 Å². The molecule has 0 unspecified atom stereocenters. The molecular weight excluding hydrogens is 269 g/mol. The number of rotatable bonds is 7. The molecule has 5 nitrogen and oxygen atoms in total. The molecule has 1 rings (SSSR count). The first-order valence-electron chi connectivity index (χ1n) is 7.13. The van der Waals surface area contributed by atoms with Crippen LogP contribution in [0.4, 0.5) is 0 Å². The highest BCUT2D eigenvalue weighted by Crippen LogP contribution is 2.42. The summed E-state index contributed by atoms with van der Waals surface area (Å²) in [6.07, 6.45) is -0.193. The van der Waals surface area contributed by atoms with Crippen LogP contribution >= 0.6 is 0 Å². The standard InChI is InChI=1S/C15H24BNO4/c1-8(2)19-11-12(20-9(3)4)14(16)17-15(13(11)18-7)21-10(5)6/h8-10H,1-7H3. The highest BCUT2D eigenvalue weighted by Gasteiger charge is 2.24. The van der Waals surface area contributed by atoms with Crippen molar-refractivity contribution >= 4 is 13.4 Å². The van der Waals surface area contributed by atoms with Gasteiger partial charge in [-0.1, -0.05) is 0 Å². The molecule has 0 saturated heterocycles. The smallest absolute Gasteiger partial charge is 0.260 e. The summed E-state index contributed by atoms with van der Waals surface area (Å²) in [7, 11) is 7.53. The van der Waals surface area contributed by atoms with Crippen LogP contribution in [0, 0.1) is 0 Å². The molecule has 6 heteroatoms. The van der Waals surface area contributed by atoms with Crippen LogP contribution in [0.15, 0.2) is 0 Å². The van der Waals surface area contributed by atoms with Crippen LogP contribution in [0.3, 0.4) is 0 Å². The fourth-order valence-electron chi connectivity index (χ4n) is 1.70. The van der Waals surface area contributed by atoms with Crippen molar-refractivity contribution in [2.24, 2.45) is 0 Å². The van der Waals surface area contributed by atoms with Gasteiger partial charge < -0.3 is 18.9 Å². The lowest BCUT2D eigenvalue weighted by Crippen LogP contribution is -2.22. The van der Waals surface area contributed by atoms with E-state index in [0.717, 1.165) is 0 Å². The summed E-state index contributed by atoms with van der Waals surface area (Å²) in [4.78, 5) is 4.23. The van der Waals surface area contributed by atoms with Crippen molar-refractivity contribution in [1.82, 2.24) is 4.98 Å². The first-order chi connectivity index (χ1) is 9.76. The molecule has 0 aromatic carbocycles. The summed E-state index contributed by atoms with van der Waals surface area (Å²) in [5, 5.41) is 0. The largest absolute Gasteiger partial charge is 0.488 e. The molecule has 21 heavy (non-hydrogen) atoms. The molecular formula is C15H24BNO4. The van der Waals surface area contributed by atoms with E-state index in [1.54, 1.807) is 0 Å². The fourth-order valence-corrected chi connectivity index (χ4v) is 1.70. The van der Waals surface area contributed by atoms with Crippen molar-refractivity contribution in [2.75, 3.05) is 7.11 Å². The van der Waals surface area contributed by atoms with Crippen LogP contribution in [-0.2, 0) is 0 Å². The average Bonchev–Trinajstić information content (AvgIpc) is 2.32. The molecule has 0 aliphatic carbocycles. The number of nitrogens with zero attached hydrogens (tertiary/aromatic N) is 1. The molecule has 0 atom stereocenters. The van der Waals surface area contributed by atoms with Crippen LogP contribution in [0.25, 0.3) is 0 Å². The van der Waals surface area contributed by atoms with E-state index in [1.165, 1.54) is 7.11 Å². The van der Waals surface area contributed by atoms with Crippen molar-refractivity contribution in [2.45, 2.75) is 59.9 Å². The van der Waals surface area contributed by atoms with Crippen molar-refractivity contribution in [3.8, 4) is 23.1 Å². The molecule has 0 bridgehead atoms. The summed E-state index contributed by atoms with van der Waals surface area (Å²) in [5.74, 6) is 1.50. The molecule has 0 fully saturated rings. The molecule has 0 saturated carbocycles. The Hall–Kier alpha value is -1.59. The third-order valence-electron chi connectivity index (χ3n) is 2.32. The number of hydrogen-bond donors (Lipinski definition) is 0. The van der Waals surface area contributed by atoms with Crippen molar-refractivity contribution < 1.29 is 18.9 Å². The zero-order valence-corrected chi connectivity index (χ0v) is 13.9. The first-order valence-corrected chi connectivity index (χ1v) is 7.13. The van der Waals surface area contributed by atoms with E-state index < -0.39 is 0 Å². The van der Waals surface area contributed by atoms with Gasteiger partial charge in [0.25, 0.3) is 5.88 Å². The Morgan fingerprint density at radius 1 is 0.762 bits per heavy atom. The monoisotopic (exact) mass is 293 g/mol. The molecule has 0 N–H and O–H groups in total. The van der Waals surface area contributed by atoms with E-state index in [9.17, 15) is 0 Å². The van der Waals surface area contributed by atoms with Gasteiger partial charge in [-0.3, -0.25) is 0 Å². The Labute approximate surface area is 128 Å². The van der Waals surface area contributed by atoms with E-state index in [4.69, 9.17) is 26.8 Å². The number of aromatic nitrogens is 1. The quantitative estimate of drug-likeness (QED) is 0.722. The normalized spacial score (nSPS) is 11.1. The van der Waals surface area contributed by atoms with Crippen LogP contribution in [0.2, 0.25) is 0 Å². The zero-order chi connectivity index (χ0) is 16.2. The summed E-state index contributed by atoms with van der Waals surface area (Å²) in [6.45, 7) is 11.4. The highest BCUT2D eigenvalue weighted by molar-refractivity contribution is 6.33. The third-order valence-corrected chi connectivity index (χ3v) is 2.32. The maximum absolute atomic E-state index is 5.99. The molecule has 0 aliphatic rings. The van der Waals surface area contributed by atoms with E-state index in [2.05, 4.69) is 4.98 Å². The fraction of sp³-hybridized carbons (Fsp3) is 0.667. The Balaban J connectivity index is 3.43. The van der Waals surface area contributed by atoms with Crippen molar-refractivity contribution in [1.29, 1.82) is 0 Å². The Bertz CT molecular complexity index is 475. The van der Waals surface area contributed by atoms with Gasteiger partial charge in [-0.15, -0.1) is 0 Å². The molecule has 0 aliphatic heterocycles. The predicted molar refractivity (Wildman–Crippen MR) is 83.5 cm³/mol. The number of pyridine rings is 1. The summed E-state index contributed by atoms with van der Waals surface area (Å²) in [5.41, 5.74) is 0.218. The van der Waals surface area contributed by atoms with Gasteiger partial charge in [0, 0.05) is 5.59 Å². The van der Waals surface area contributed by atoms with Crippen molar-refractivity contribution in [3.05, 3.63) is 0 Å². The van der Waals surface area contributed by atoms with Crippen LogP contribution in [-0.4, -0.2) is 38.3 Å². The van der Waals surface area contributed by atoms with E-state index >= 15 is 0 Å². The van der Waals surface area contributed by atoms with Gasteiger partial charge in [0.15, 0.2) is 5.75 Å². The number of hydrogen-bond acceptors (Lipinski definition) is 5. The van der Waals surface area contributed by atoms with Gasteiger partial charge in [0.05, 0.1) is 25.4 Å². The Morgan fingerprint density at radius 2 is 1.24 bits per heavy atom. The molecule has 2 radical (unpaired) electrons. The molecule has 1 heterocycles. The maximum Gasteiger partial charge on any atom is 0.260 e. The van der Waals surface area contributed by atoms with Gasteiger partial charge >= 0.3 is 0 Å². The summed E-state index contributed by atoms with van der Waals surface area (Å²) in [6, 6.07) is 0. The minimum Gasteiger partial charge on any atom is -0.488 e. The van der Waals surface area contributed by atoms with Crippen LogP contribution in [0.1, 0.15) is 41.5 Å². The average molecular weight is 293 g/mol. The van der Waals surface area contributed by atoms with E-state index in [-0.39, 0.29) is 23.9 Å². The van der Waals surface area contributed by atoms with Gasteiger partial charge in [0.2, 0.25) is 11.5 Å². The second-order valence-corrected chi connectivity index (χ2v) is 5.49. The zero-order valence-electron chi connectivity index (χ0n) is 13.9. The van der Waals surface area contributed by atoms with E-state index in [1.807, 2.05) is 41.5 Å². The third kappa shape index (κ3) is 4.72. The first kappa shape index (κ1) is 17.5. The molecule has 1 aromatic rings. The lowest BCUT2D eigenvalue weighted by atomic mass is 10.0. The van der Waals surface area contributed by atoms with Crippen LogP contribution in [0.5, 0.6) is 23.1 Å². The summed E-state index contributed by atoms with van der Waals surface area (Å²) >= 11 is 0. The second-order valence-electron chi connectivity index (χ2n) is 5.49. The topological polar surface area (TPSA) is 49.8 Å². The van der Waals surface area contributed by atoms with Crippen LogP contribution < -0.4 is 24.5 Å². The molecule has 1 aromatic heterocycles. The number of methoxy groups -OCH3 is 1. The predicted octanol–water partition coefficient (Wildman–Crippen LogP) is 2.25. The lowest BCUT2D eigenvalue weighted by molar-refractivity contribution is 0.180. The summed E-state index contributed by atoms with van der Waals surface area (Å²) < 4.78 is 22.6. The molecule has 0 spiro atoms. The van der Waals surface area contributed by atoms with E-state index in [0.29, 0.717) is 23.1 Å².